The first-order valence-corrected chi connectivity index (χ1v) is 8.54. The molecule has 2 aliphatic heterocycles. The molecule has 140 valence electrons. The van der Waals surface area contributed by atoms with Crippen LogP contribution in [0.15, 0.2) is 11.2 Å². The molecule has 0 bridgehead atoms. The lowest BCUT2D eigenvalue weighted by atomic mass is 10.2. The van der Waals surface area contributed by atoms with Crippen molar-refractivity contribution in [3.8, 4) is 0 Å². The molecule has 0 radical (unpaired) electrons. The van der Waals surface area contributed by atoms with Crippen molar-refractivity contribution in [3.05, 3.63) is 17.5 Å². The van der Waals surface area contributed by atoms with E-state index >= 15 is 0 Å². The van der Waals surface area contributed by atoms with E-state index < -0.39 is 0 Å². The number of nitrogens with zero attached hydrogens (tertiary/aromatic N) is 4. The zero-order valence-corrected chi connectivity index (χ0v) is 17.2. The van der Waals surface area contributed by atoms with Crippen LogP contribution < -0.4 is 5.32 Å². The van der Waals surface area contributed by atoms with Crippen LogP contribution in [0, 0.1) is 6.92 Å². The van der Waals surface area contributed by atoms with Gasteiger partial charge < -0.3 is 19.9 Å². The lowest BCUT2D eigenvalue weighted by molar-refractivity contribution is -0.142. The SMILES string of the molecule is CN=C(NCc1cn[nH]c1C)N1CCN(C(=O)C2CCCO2)CC1.I. The fourth-order valence-corrected chi connectivity index (χ4v) is 3.18. The summed E-state index contributed by atoms with van der Waals surface area (Å²) in [4.78, 5) is 20.9. The summed E-state index contributed by atoms with van der Waals surface area (Å²) in [5, 5.41) is 10.3. The third-order valence-corrected chi connectivity index (χ3v) is 4.68. The Labute approximate surface area is 165 Å². The molecule has 1 atom stereocenters. The molecular weight excluding hydrogens is 435 g/mol. The normalized spacial score (nSPS) is 21.2. The van der Waals surface area contributed by atoms with Crippen LogP contribution >= 0.6 is 24.0 Å². The molecule has 3 heterocycles. The van der Waals surface area contributed by atoms with E-state index in [0.717, 1.165) is 43.1 Å². The fourth-order valence-electron chi connectivity index (χ4n) is 3.18. The second kappa shape index (κ2) is 9.37. The quantitative estimate of drug-likeness (QED) is 0.393. The van der Waals surface area contributed by atoms with Gasteiger partial charge in [-0.3, -0.25) is 14.9 Å². The number of aromatic nitrogens is 2. The Morgan fingerprint density at radius 3 is 2.68 bits per heavy atom. The van der Waals surface area contributed by atoms with Gasteiger partial charge in [-0.15, -0.1) is 24.0 Å². The highest BCUT2D eigenvalue weighted by Crippen LogP contribution is 2.16. The molecule has 1 unspecified atom stereocenters. The average molecular weight is 462 g/mol. The Bertz CT molecular complexity index is 591. The molecule has 0 spiro atoms. The molecule has 2 aliphatic rings. The van der Waals surface area contributed by atoms with Crippen molar-refractivity contribution in [3.63, 3.8) is 0 Å². The van der Waals surface area contributed by atoms with Crippen molar-refractivity contribution < 1.29 is 9.53 Å². The lowest BCUT2D eigenvalue weighted by Crippen LogP contribution is -2.55. The van der Waals surface area contributed by atoms with Crippen LogP contribution in [0.2, 0.25) is 0 Å². The topological polar surface area (TPSA) is 85.9 Å². The number of carbonyl (C=O) groups excluding carboxylic acids is 1. The van der Waals surface area contributed by atoms with E-state index in [4.69, 9.17) is 4.74 Å². The van der Waals surface area contributed by atoms with E-state index in [1.165, 1.54) is 0 Å². The zero-order chi connectivity index (χ0) is 16.9. The lowest BCUT2D eigenvalue weighted by Gasteiger charge is -2.37. The molecule has 3 rings (SSSR count). The Morgan fingerprint density at radius 2 is 2.12 bits per heavy atom. The van der Waals surface area contributed by atoms with Crippen molar-refractivity contribution in [1.29, 1.82) is 0 Å². The number of ether oxygens (including phenoxy) is 1. The number of hydrogen-bond acceptors (Lipinski definition) is 4. The van der Waals surface area contributed by atoms with Gasteiger partial charge in [0.1, 0.15) is 6.10 Å². The maximum absolute atomic E-state index is 12.4. The summed E-state index contributed by atoms with van der Waals surface area (Å²) in [5.74, 6) is 1.00. The predicted octanol–water partition coefficient (Wildman–Crippen LogP) is 0.735. The number of halogens is 1. The van der Waals surface area contributed by atoms with Crippen molar-refractivity contribution in [2.75, 3.05) is 39.8 Å². The van der Waals surface area contributed by atoms with E-state index in [1.54, 1.807) is 7.05 Å². The first-order chi connectivity index (χ1) is 11.7. The van der Waals surface area contributed by atoms with Crippen molar-refractivity contribution >= 4 is 35.8 Å². The highest BCUT2D eigenvalue weighted by molar-refractivity contribution is 14.0. The van der Waals surface area contributed by atoms with Gasteiger partial charge in [-0.2, -0.15) is 5.10 Å². The van der Waals surface area contributed by atoms with Crippen LogP contribution in [-0.2, 0) is 16.1 Å². The molecule has 2 saturated heterocycles. The number of nitrogens with one attached hydrogen (secondary N) is 2. The maximum Gasteiger partial charge on any atom is 0.251 e. The van der Waals surface area contributed by atoms with E-state index in [2.05, 4.69) is 25.4 Å². The summed E-state index contributed by atoms with van der Waals surface area (Å²) in [5.41, 5.74) is 2.19. The van der Waals surface area contributed by atoms with Crippen LogP contribution in [-0.4, -0.2) is 77.8 Å². The van der Waals surface area contributed by atoms with Crippen molar-refractivity contribution in [1.82, 2.24) is 25.3 Å². The molecule has 0 aliphatic carbocycles. The molecule has 0 aromatic carbocycles. The van der Waals surface area contributed by atoms with Crippen molar-refractivity contribution in [2.24, 2.45) is 4.99 Å². The van der Waals surface area contributed by atoms with Crippen LogP contribution in [0.1, 0.15) is 24.1 Å². The van der Waals surface area contributed by atoms with Gasteiger partial charge in [0.25, 0.3) is 5.91 Å². The highest BCUT2D eigenvalue weighted by atomic mass is 127. The largest absolute Gasteiger partial charge is 0.368 e. The Morgan fingerprint density at radius 1 is 1.40 bits per heavy atom. The molecule has 8 nitrogen and oxygen atoms in total. The minimum atomic E-state index is -0.224. The molecule has 0 saturated carbocycles. The van der Waals surface area contributed by atoms with Crippen molar-refractivity contribution in [2.45, 2.75) is 32.4 Å². The third-order valence-electron chi connectivity index (χ3n) is 4.68. The number of guanidine groups is 1. The number of rotatable bonds is 3. The van der Waals surface area contributed by atoms with Gasteiger partial charge in [0.15, 0.2) is 5.96 Å². The third kappa shape index (κ3) is 4.84. The van der Waals surface area contributed by atoms with E-state index in [9.17, 15) is 4.79 Å². The maximum atomic E-state index is 12.4. The van der Waals surface area contributed by atoms with Gasteiger partial charge >= 0.3 is 0 Å². The Kier molecular flexibility index (Phi) is 7.48. The summed E-state index contributed by atoms with van der Waals surface area (Å²) < 4.78 is 5.50. The number of H-pyrrole nitrogens is 1. The second-order valence-electron chi connectivity index (χ2n) is 6.24. The summed E-state index contributed by atoms with van der Waals surface area (Å²) in [7, 11) is 1.79. The van der Waals surface area contributed by atoms with Gasteiger partial charge in [0.2, 0.25) is 0 Å². The molecule has 1 aromatic rings. The number of aryl methyl sites for hydroxylation is 1. The fraction of sp³-hybridized carbons (Fsp3) is 0.688. The second-order valence-corrected chi connectivity index (χ2v) is 6.24. The molecule has 9 heteroatoms. The Balaban J connectivity index is 0.00000225. The molecule has 25 heavy (non-hydrogen) atoms. The first-order valence-electron chi connectivity index (χ1n) is 8.54. The van der Waals surface area contributed by atoms with E-state index in [0.29, 0.717) is 26.2 Å². The number of hydrogen-bond donors (Lipinski definition) is 2. The zero-order valence-electron chi connectivity index (χ0n) is 14.8. The number of carbonyl (C=O) groups is 1. The summed E-state index contributed by atoms with van der Waals surface area (Å²) in [6.07, 6.45) is 3.44. The monoisotopic (exact) mass is 462 g/mol. The molecule has 1 aromatic heterocycles. The van der Waals surface area contributed by atoms with Crippen LogP contribution in [0.5, 0.6) is 0 Å². The van der Waals surface area contributed by atoms with Crippen LogP contribution in [0.3, 0.4) is 0 Å². The number of piperazine rings is 1. The Hall–Kier alpha value is -1.36. The molecule has 2 fully saturated rings. The minimum Gasteiger partial charge on any atom is -0.368 e. The standard InChI is InChI=1S/C16H26N6O2.HI/c1-12-13(11-19-20-12)10-18-16(17-2)22-7-5-21(6-8-22)15(23)14-4-3-9-24-14;/h11,14H,3-10H2,1-2H3,(H,17,18)(H,19,20);1H. The first kappa shape index (κ1) is 20.0. The summed E-state index contributed by atoms with van der Waals surface area (Å²) in [6.45, 7) is 6.38. The minimum absolute atomic E-state index is 0. The summed E-state index contributed by atoms with van der Waals surface area (Å²) in [6, 6.07) is 0. The number of amides is 1. The molecular formula is C16H27IN6O2. The average Bonchev–Trinajstić information content (AvgIpc) is 3.27. The van der Waals surface area contributed by atoms with Gasteiger partial charge in [-0.05, 0) is 19.8 Å². The molecule has 2 N–H and O–H groups in total. The smallest absolute Gasteiger partial charge is 0.251 e. The van der Waals surface area contributed by atoms with Gasteiger partial charge in [-0.1, -0.05) is 0 Å². The summed E-state index contributed by atoms with van der Waals surface area (Å²) >= 11 is 0. The van der Waals surface area contributed by atoms with Crippen LogP contribution in [0.25, 0.3) is 0 Å². The van der Waals surface area contributed by atoms with Gasteiger partial charge in [-0.25, -0.2) is 0 Å². The molecule has 1 amide bonds. The van der Waals surface area contributed by atoms with Gasteiger partial charge in [0, 0.05) is 57.6 Å². The van der Waals surface area contributed by atoms with Crippen LogP contribution in [0.4, 0.5) is 0 Å². The van der Waals surface area contributed by atoms with Gasteiger partial charge in [0.05, 0.1) is 6.20 Å². The number of aliphatic imine (C=N–C) groups is 1. The van der Waals surface area contributed by atoms with E-state index in [1.807, 2.05) is 18.0 Å². The number of aromatic amines is 1. The van der Waals surface area contributed by atoms with E-state index in [-0.39, 0.29) is 36.0 Å². The predicted molar refractivity (Wildman–Crippen MR) is 106 cm³/mol. The highest BCUT2D eigenvalue weighted by Gasteiger charge is 2.30.